The van der Waals surface area contributed by atoms with Gasteiger partial charge in [0.2, 0.25) is 0 Å². The summed E-state index contributed by atoms with van der Waals surface area (Å²) in [7, 11) is 0. The highest BCUT2D eigenvalue weighted by Gasteiger charge is 2.23. The maximum atomic E-state index is 5.50. The molecule has 1 N–H and O–H groups in total. The number of thiophene rings is 1. The van der Waals surface area contributed by atoms with Crippen LogP contribution in [0.2, 0.25) is 0 Å². The van der Waals surface area contributed by atoms with Crippen molar-refractivity contribution < 1.29 is 4.74 Å². The fraction of sp³-hybridized carbons (Fsp3) is 0.588. The van der Waals surface area contributed by atoms with Gasteiger partial charge in [-0.25, -0.2) is 0 Å². The first kappa shape index (κ1) is 16.6. The van der Waals surface area contributed by atoms with Crippen molar-refractivity contribution in [2.24, 2.45) is 0 Å². The quantitative estimate of drug-likeness (QED) is 0.805. The van der Waals surface area contributed by atoms with Crippen molar-refractivity contribution in [2.75, 3.05) is 32.8 Å². The number of rotatable bonds is 8. The molecule has 0 saturated carbocycles. The molecule has 1 fully saturated rings. The van der Waals surface area contributed by atoms with E-state index in [1.54, 1.807) is 0 Å². The maximum absolute atomic E-state index is 5.50. The molecule has 6 heteroatoms. The van der Waals surface area contributed by atoms with E-state index in [0.29, 0.717) is 6.04 Å². The van der Waals surface area contributed by atoms with Crippen LogP contribution in [0.1, 0.15) is 29.8 Å². The number of nitrogens with one attached hydrogen (secondary N) is 1. The van der Waals surface area contributed by atoms with Crippen LogP contribution in [0.25, 0.3) is 0 Å². The molecule has 1 aliphatic rings. The normalized spacial score (nSPS) is 17.4. The zero-order chi connectivity index (χ0) is 15.9. The monoisotopic (exact) mass is 334 g/mol. The Bertz CT molecular complexity index is 563. The van der Waals surface area contributed by atoms with Gasteiger partial charge in [0, 0.05) is 49.4 Å². The molecule has 1 aliphatic heterocycles. The SMILES string of the molecule is CCCn1cc(CNC[C@@H](c2cccs2)N2CCOCC2)cn1. The third kappa shape index (κ3) is 4.64. The number of ether oxygens (including phenoxy) is 1. The molecular weight excluding hydrogens is 308 g/mol. The van der Waals surface area contributed by atoms with Crippen LogP contribution in [0.5, 0.6) is 0 Å². The van der Waals surface area contributed by atoms with Crippen molar-refractivity contribution in [1.82, 2.24) is 20.0 Å². The summed E-state index contributed by atoms with van der Waals surface area (Å²) in [6.07, 6.45) is 5.23. The topological polar surface area (TPSA) is 42.3 Å². The highest BCUT2D eigenvalue weighted by Crippen LogP contribution is 2.25. The van der Waals surface area contributed by atoms with Crippen molar-refractivity contribution in [2.45, 2.75) is 32.5 Å². The van der Waals surface area contributed by atoms with Gasteiger partial charge in [0.05, 0.1) is 25.5 Å². The molecule has 1 saturated heterocycles. The van der Waals surface area contributed by atoms with Gasteiger partial charge in [0.25, 0.3) is 0 Å². The highest BCUT2D eigenvalue weighted by molar-refractivity contribution is 7.10. The van der Waals surface area contributed by atoms with E-state index in [9.17, 15) is 0 Å². The number of morpholine rings is 1. The van der Waals surface area contributed by atoms with Crippen LogP contribution in [0.4, 0.5) is 0 Å². The summed E-state index contributed by atoms with van der Waals surface area (Å²) in [6.45, 7) is 8.70. The molecule has 3 rings (SSSR count). The Morgan fingerprint density at radius 1 is 1.39 bits per heavy atom. The van der Waals surface area contributed by atoms with Crippen molar-refractivity contribution in [3.05, 3.63) is 40.3 Å². The summed E-state index contributed by atoms with van der Waals surface area (Å²) in [5.74, 6) is 0. The molecule has 2 aromatic heterocycles. The Hall–Kier alpha value is -1.21. The lowest BCUT2D eigenvalue weighted by Crippen LogP contribution is -2.42. The van der Waals surface area contributed by atoms with Crippen LogP contribution in [0.3, 0.4) is 0 Å². The molecule has 0 aliphatic carbocycles. The summed E-state index contributed by atoms with van der Waals surface area (Å²) < 4.78 is 7.52. The van der Waals surface area contributed by atoms with E-state index in [-0.39, 0.29) is 0 Å². The largest absolute Gasteiger partial charge is 0.379 e. The van der Waals surface area contributed by atoms with Crippen LogP contribution >= 0.6 is 11.3 Å². The first-order valence-corrected chi connectivity index (χ1v) is 9.32. The van der Waals surface area contributed by atoms with Gasteiger partial charge in [-0.05, 0) is 17.9 Å². The van der Waals surface area contributed by atoms with Gasteiger partial charge in [0.15, 0.2) is 0 Å². The molecule has 2 aromatic rings. The van der Waals surface area contributed by atoms with Crippen LogP contribution in [0, 0.1) is 0 Å². The summed E-state index contributed by atoms with van der Waals surface area (Å²) >= 11 is 1.84. The molecule has 0 aromatic carbocycles. The summed E-state index contributed by atoms with van der Waals surface area (Å²) in [6, 6.07) is 4.82. The Kier molecular flexibility index (Phi) is 6.21. The van der Waals surface area contributed by atoms with E-state index in [4.69, 9.17) is 4.74 Å². The van der Waals surface area contributed by atoms with Gasteiger partial charge < -0.3 is 10.1 Å². The number of hydrogen-bond acceptors (Lipinski definition) is 5. The van der Waals surface area contributed by atoms with Crippen molar-refractivity contribution in [1.29, 1.82) is 0 Å². The van der Waals surface area contributed by atoms with E-state index < -0.39 is 0 Å². The second-order valence-corrected chi connectivity index (χ2v) is 6.90. The average Bonchev–Trinajstić information content (AvgIpc) is 3.25. The lowest BCUT2D eigenvalue weighted by atomic mass is 10.2. The lowest BCUT2D eigenvalue weighted by molar-refractivity contribution is 0.0168. The number of nitrogens with zero attached hydrogens (tertiary/aromatic N) is 3. The fourth-order valence-corrected chi connectivity index (χ4v) is 3.84. The smallest absolute Gasteiger partial charge is 0.0594 e. The first-order valence-electron chi connectivity index (χ1n) is 8.44. The minimum absolute atomic E-state index is 0.435. The fourth-order valence-electron chi connectivity index (χ4n) is 2.98. The van der Waals surface area contributed by atoms with E-state index >= 15 is 0 Å². The summed E-state index contributed by atoms with van der Waals surface area (Å²) in [5.41, 5.74) is 1.25. The van der Waals surface area contributed by atoms with Gasteiger partial charge in [0.1, 0.15) is 0 Å². The Morgan fingerprint density at radius 2 is 2.26 bits per heavy atom. The molecule has 5 nitrogen and oxygen atoms in total. The zero-order valence-electron chi connectivity index (χ0n) is 13.8. The molecular formula is C17H26N4OS. The van der Waals surface area contributed by atoms with Crippen LogP contribution in [0.15, 0.2) is 29.9 Å². The third-order valence-corrected chi connectivity index (χ3v) is 5.14. The van der Waals surface area contributed by atoms with E-state index in [0.717, 1.165) is 52.4 Å². The van der Waals surface area contributed by atoms with Crippen LogP contribution in [-0.2, 0) is 17.8 Å². The van der Waals surface area contributed by atoms with E-state index in [1.165, 1.54) is 10.4 Å². The van der Waals surface area contributed by atoms with Gasteiger partial charge in [-0.1, -0.05) is 13.0 Å². The maximum Gasteiger partial charge on any atom is 0.0594 e. The van der Waals surface area contributed by atoms with Crippen molar-refractivity contribution in [3.63, 3.8) is 0 Å². The Morgan fingerprint density at radius 3 is 3.00 bits per heavy atom. The highest BCUT2D eigenvalue weighted by atomic mass is 32.1. The standard InChI is InChI=1S/C17H26N4OS/c1-2-5-21-14-15(12-19-21)11-18-13-16(17-4-3-10-23-17)20-6-8-22-9-7-20/h3-4,10,12,14,16,18H,2,5-9,11,13H2,1H3/t16-/m0/s1. The van der Waals surface area contributed by atoms with Gasteiger partial charge in [-0.3, -0.25) is 9.58 Å². The summed E-state index contributed by atoms with van der Waals surface area (Å²) in [4.78, 5) is 3.96. The van der Waals surface area contributed by atoms with Crippen molar-refractivity contribution in [3.8, 4) is 0 Å². The molecule has 3 heterocycles. The van der Waals surface area contributed by atoms with Crippen LogP contribution < -0.4 is 5.32 Å². The minimum atomic E-state index is 0.435. The van der Waals surface area contributed by atoms with Crippen molar-refractivity contribution >= 4 is 11.3 Å². The Labute approximate surface area is 142 Å². The lowest BCUT2D eigenvalue weighted by Gasteiger charge is -2.34. The predicted molar refractivity (Wildman–Crippen MR) is 93.7 cm³/mol. The van der Waals surface area contributed by atoms with E-state index in [2.05, 4.69) is 45.9 Å². The minimum Gasteiger partial charge on any atom is -0.379 e. The van der Waals surface area contributed by atoms with Gasteiger partial charge in [-0.15, -0.1) is 11.3 Å². The van der Waals surface area contributed by atoms with Crippen LogP contribution in [-0.4, -0.2) is 47.5 Å². The van der Waals surface area contributed by atoms with Gasteiger partial charge in [-0.2, -0.15) is 5.10 Å². The molecule has 1 atom stereocenters. The molecule has 126 valence electrons. The number of aromatic nitrogens is 2. The zero-order valence-corrected chi connectivity index (χ0v) is 14.6. The molecule has 0 bridgehead atoms. The number of hydrogen-bond donors (Lipinski definition) is 1. The first-order chi connectivity index (χ1) is 11.4. The molecule has 0 amide bonds. The third-order valence-electron chi connectivity index (χ3n) is 4.16. The second-order valence-electron chi connectivity index (χ2n) is 5.92. The molecule has 23 heavy (non-hydrogen) atoms. The number of aryl methyl sites for hydroxylation is 1. The van der Waals surface area contributed by atoms with E-state index in [1.807, 2.05) is 22.2 Å². The Balaban J connectivity index is 1.55. The molecule has 0 radical (unpaired) electrons. The average molecular weight is 334 g/mol. The predicted octanol–water partition coefficient (Wildman–Crippen LogP) is 2.52. The molecule has 0 spiro atoms. The summed E-state index contributed by atoms with van der Waals surface area (Å²) in [5, 5.41) is 10.2. The second kappa shape index (κ2) is 8.59. The van der Waals surface area contributed by atoms with Gasteiger partial charge >= 0.3 is 0 Å². The molecule has 0 unspecified atom stereocenters.